The third-order valence-corrected chi connectivity index (χ3v) is 2.85. The molecular weight excluding hydrogens is 256 g/mol. The van der Waals surface area contributed by atoms with E-state index in [-0.39, 0.29) is 0 Å². The maximum atomic E-state index is 11.9. The Morgan fingerprint density at radius 3 is 2.90 bits per heavy atom. The van der Waals surface area contributed by atoms with Crippen LogP contribution in [0.15, 0.2) is 24.5 Å². The summed E-state index contributed by atoms with van der Waals surface area (Å²) in [5.74, 6) is -0.409. The summed E-state index contributed by atoms with van der Waals surface area (Å²) in [6.07, 6.45) is 5.15. The molecule has 106 valence electrons. The fourth-order valence-electron chi connectivity index (χ4n) is 1.97. The fraction of sp³-hybridized carbons (Fsp3) is 0.429. The molecule has 0 spiro atoms. The molecule has 0 saturated carbocycles. The van der Waals surface area contributed by atoms with E-state index in [1.54, 1.807) is 24.0 Å². The molecule has 0 unspecified atom stereocenters. The number of rotatable bonds is 6. The molecule has 2 rings (SSSR count). The molecule has 20 heavy (non-hydrogen) atoms. The van der Waals surface area contributed by atoms with E-state index in [1.807, 2.05) is 12.1 Å². The number of carbonyl (C=O) groups is 1. The molecule has 6 heteroatoms. The van der Waals surface area contributed by atoms with E-state index in [0.29, 0.717) is 18.8 Å². The van der Waals surface area contributed by atoms with E-state index in [2.05, 4.69) is 22.2 Å². The van der Waals surface area contributed by atoms with Crippen molar-refractivity contribution >= 4 is 5.97 Å². The van der Waals surface area contributed by atoms with Crippen LogP contribution in [0.25, 0.3) is 0 Å². The van der Waals surface area contributed by atoms with Gasteiger partial charge in [-0.15, -0.1) is 5.10 Å². The molecule has 6 nitrogen and oxygen atoms in total. The summed E-state index contributed by atoms with van der Waals surface area (Å²) in [4.78, 5) is 15.9. The van der Waals surface area contributed by atoms with Gasteiger partial charge in [-0.05, 0) is 25.0 Å². The van der Waals surface area contributed by atoms with Crippen LogP contribution in [0.2, 0.25) is 0 Å². The highest BCUT2D eigenvalue weighted by atomic mass is 16.5. The van der Waals surface area contributed by atoms with Crippen LogP contribution in [-0.4, -0.2) is 32.6 Å². The van der Waals surface area contributed by atoms with Gasteiger partial charge < -0.3 is 4.74 Å². The number of hydrogen-bond acceptors (Lipinski definition) is 5. The van der Waals surface area contributed by atoms with E-state index in [1.165, 1.54) is 0 Å². The predicted octanol–water partition coefficient (Wildman–Crippen LogP) is 1.85. The van der Waals surface area contributed by atoms with Crippen LogP contribution in [0.4, 0.5) is 0 Å². The molecule has 0 N–H and O–H groups in total. The molecule has 0 aromatic carbocycles. The minimum atomic E-state index is -0.409. The van der Waals surface area contributed by atoms with E-state index < -0.39 is 5.97 Å². The summed E-state index contributed by atoms with van der Waals surface area (Å²) in [7, 11) is 0. The number of carbonyl (C=O) groups excluding carboxylic acids is 1. The molecule has 2 aromatic heterocycles. The summed E-state index contributed by atoms with van der Waals surface area (Å²) >= 11 is 0. The first-order chi connectivity index (χ1) is 9.76. The van der Waals surface area contributed by atoms with Crippen LogP contribution in [0.3, 0.4) is 0 Å². The first-order valence-corrected chi connectivity index (χ1v) is 6.74. The van der Waals surface area contributed by atoms with Crippen molar-refractivity contribution in [3.63, 3.8) is 0 Å². The van der Waals surface area contributed by atoms with Crippen LogP contribution in [-0.2, 0) is 17.7 Å². The summed E-state index contributed by atoms with van der Waals surface area (Å²) in [6, 6.07) is 3.84. The quantitative estimate of drug-likeness (QED) is 0.752. The number of ether oxygens (including phenoxy) is 1. The molecule has 0 fully saturated rings. The topological polar surface area (TPSA) is 69.9 Å². The van der Waals surface area contributed by atoms with Gasteiger partial charge in [0.25, 0.3) is 0 Å². The third kappa shape index (κ3) is 3.20. The Morgan fingerprint density at radius 2 is 2.25 bits per heavy atom. The molecule has 0 aliphatic carbocycles. The largest absolute Gasteiger partial charge is 0.461 e. The van der Waals surface area contributed by atoms with E-state index in [0.717, 1.165) is 24.1 Å². The summed E-state index contributed by atoms with van der Waals surface area (Å²) < 4.78 is 6.75. The number of esters is 1. The van der Waals surface area contributed by atoms with Gasteiger partial charge in [-0.1, -0.05) is 24.6 Å². The normalized spacial score (nSPS) is 10.5. The first-order valence-electron chi connectivity index (χ1n) is 6.74. The Labute approximate surface area is 117 Å². The second kappa shape index (κ2) is 6.79. The lowest BCUT2D eigenvalue weighted by Crippen LogP contribution is -2.11. The minimum Gasteiger partial charge on any atom is -0.461 e. The minimum absolute atomic E-state index is 0.317. The van der Waals surface area contributed by atoms with Gasteiger partial charge >= 0.3 is 5.97 Å². The van der Waals surface area contributed by atoms with Crippen molar-refractivity contribution in [2.45, 2.75) is 33.2 Å². The third-order valence-electron chi connectivity index (χ3n) is 2.85. The summed E-state index contributed by atoms with van der Waals surface area (Å²) in [6.45, 7) is 4.71. The maximum absolute atomic E-state index is 11.9. The zero-order chi connectivity index (χ0) is 14.4. The highest BCUT2D eigenvalue weighted by molar-refractivity contribution is 5.88. The van der Waals surface area contributed by atoms with Crippen molar-refractivity contribution in [2.75, 3.05) is 6.61 Å². The SMILES string of the molecule is CCCc1c(C(=O)OCC)nnn1Cc1cccnc1. The van der Waals surface area contributed by atoms with E-state index in [4.69, 9.17) is 4.74 Å². The summed E-state index contributed by atoms with van der Waals surface area (Å²) in [5.41, 5.74) is 2.15. The highest BCUT2D eigenvalue weighted by Crippen LogP contribution is 2.12. The molecule has 0 saturated heterocycles. The molecule has 0 aliphatic heterocycles. The van der Waals surface area contributed by atoms with Crippen molar-refractivity contribution in [3.8, 4) is 0 Å². The second-order valence-corrected chi connectivity index (χ2v) is 4.37. The van der Waals surface area contributed by atoms with Crippen LogP contribution in [0.5, 0.6) is 0 Å². The molecule has 0 aliphatic rings. The van der Waals surface area contributed by atoms with Crippen molar-refractivity contribution in [3.05, 3.63) is 41.5 Å². The highest BCUT2D eigenvalue weighted by Gasteiger charge is 2.20. The summed E-state index contributed by atoms with van der Waals surface area (Å²) in [5, 5.41) is 8.04. The average Bonchev–Trinajstić information content (AvgIpc) is 2.84. The lowest BCUT2D eigenvalue weighted by atomic mass is 10.2. The van der Waals surface area contributed by atoms with Gasteiger partial charge in [-0.25, -0.2) is 9.48 Å². The molecule has 0 radical (unpaired) electrons. The maximum Gasteiger partial charge on any atom is 0.360 e. The number of pyridine rings is 1. The van der Waals surface area contributed by atoms with Gasteiger partial charge in [0.2, 0.25) is 0 Å². The lowest BCUT2D eigenvalue weighted by Gasteiger charge is -2.06. The fourth-order valence-corrected chi connectivity index (χ4v) is 1.97. The Hall–Kier alpha value is -2.24. The Balaban J connectivity index is 2.27. The Bertz CT molecular complexity index is 566. The van der Waals surface area contributed by atoms with E-state index >= 15 is 0 Å². The monoisotopic (exact) mass is 274 g/mol. The van der Waals surface area contributed by atoms with Gasteiger partial charge in [-0.2, -0.15) is 0 Å². The number of aromatic nitrogens is 4. The van der Waals surface area contributed by atoms with Crippen LogP contribution in [0.1, 0.15) is 42.0 Å². The molecule has 0 amide bonds. The van der Waals surface area contributed by atoms with Crippen molar-refractivity contribution in [1.29, 1.82) is 0 Å². The molecule has 0 bridgehead atoms. The number of nitrogens with zero attached hydrogens (tertiary/aromatic N) is 4. The Kier molecular flexibility index (Phi) is 4.81. The van der Waals surface area contributed by atoms with Gasteiger partial charge in [0.15, 0.2) is 5.69 Å². The zero-order valence-corrected chi connectivity index (χ0v) is 11.7. The average molecular weight is 274 g/mol. The molecule has 2 heterocycles. The standard InChI is InChI=1S/C14H18N4O2/c1-3-6-12-13(14(19)20-4-2)16-17-18(12)10-11-7-5-8-15-9-11/h5,7-9H,3-4,6,10H2,1-2H3. The molecular formula is C14H18N4O2. The van der Waals surface area contributed by atoms with Crippen LogP contribution in [0, 0.1) is 0 Å². The molecule has 2 aromatic rings. The molecule has 0 atom stereocenters. The van der Waals surface area contributed by atoms with Crippen molar-refractivity contribution in [1.82, 2.24) is 20.0 Å². The van der Waals surface area contributed by atoms with Gasteiger partial charge in [0.1, 0.15) is 0 Å². The Morgan fingerprint density at radius 1 is 1.40 bits per heavy atom. The smallest absolute Gasteiger partial charge is 0.360 e. The van der Waals surface area contributed by atoms with Gasteiger partial charge in [0.05, 0.1) is 18.8 Å². The lowest BCUT2D eigenvalue weighted by molar-refractivity contribution is 0.0518. The zero-order valence-electron chi connectivity index (χ0n) is 11.7. The van der Waals surface area contributed by atoms with Crippen LogP contribution < -0.4 is 0 Å². The van der Waals surface area contributed by atoms with Crippen LogP contribution >= 0.6 is 0 Å². The van der Waals surface area contributed by atoms with Crippen molar-refractivity contribution in [2.24, 2.45) is 0 Å². The van der Waals surface area contributed by atoms with Gasteiger partial charge in [-0.3, -0.25) is 4.98 Å². The predicted molar refractivity (Wildman–Crippen MR) is 73.3 cm³/mol. The first kappa shape index (κ1) is 14.2. The van der Waals surface area contributed by atoms with E-state index in [9.17, 15) is 4.79 Å². The number of hydrogen-bond donors (Lipinski definition) is 0. The van der Waals surface area contributed by atoms with Crippen molar-refractivity contribution < 1.29 is 9.53 Å². The van der Waals surface area contributed by atoms with Gasteiger partial charge in [0, 0.05) is 12.4 Å². The second-order valence-electron chi connectivity index (χ2n) is 4.37.